The molecule has 0 bridgehead atoms. The number of hydrogen-bond acceptors (Lipinski definition) is 2. The van der Waals surface area contributed by atoms with Crippen molar-refractivity contribution in [1.29, 1.82) is 0 Å². The summed E-state index contributed by atoms with van der Waals surface area (Å²) in [4.78, 5) is 2.36. The molecule has 17 heavy (non-hydrogen) atoms. The predicted molar refractivity (Wildman–Crippen MR) is 66.2 cm³/mol. The topological polar surface area (TPSA) is 23.5 Å². The van der Waals surface area contributed by atoms with Gasteiger partial charge in [-0.1, -0.05) is 19.1 Å². The summed E-state index contributed by atoms with van der Waals surface area (Å²) in [6.07, 6.45) is 1.94. The maximum absolute atomic E-state index is 13.3. The zero-order valence-electron chi connectivity index (χ0n) is 10.3. The second-order valence-electron chi connectivity index (χ2n) is 4.88. The molecule has 0 spiro atoms. The van der Waals surface area contributed by atoms with Crippen LogP contribution in [0, 0.1) is 11.7 Å². The van der Waals surface area contributed by atoms with E-state index < -0.39 is 0 Å². The van der Waals surface area contributed by atoms with Gasteiger partial charge in [-0.25, -0.2) is 4.39 Å². The van der Waals surface area contributed by atoms with E-state index in [4.69, 9.17) is 5.11 Å². The van der Waals surface area contributed by atoms with Crippen LogP contribution < -0.4 is 0 Å². The quantitative estimate of drug-likeness (QED) is 0.870. The van der Waals surface area contributed by atoms with E-state index in [1.807, 2.05) is 6.07 Å². The number of aliphatic hydroxyl groups excluding tert-OH is 1. The Hall–Kier alpha value is -0.930. The Balaban J connectivity index is 2.15. The first kappa shape index (κ1) is 12.5. The first-order chi connectivity index (χ1) is 8.22. The molecule has 1 aromatic carbocycles. The summed E-state index contributed by atoms with van der Waals surface area (Å²) in [6.45, 7) is 4.37. The van der Waals surface area contributed by atoms with Crippen molar-refractivity contribution < 1.29 is 9.50 Å². The molecule has 1 aromatic rings. The molecule has 2 rings (SSSR count). The molecular weight excluding hydrogens is 217 g/mol. The van der Waals surface area contributed by atoms with Crippen molar-refractivity contribution in [2.75, 3.05) is 19.7 Å². The Morgan fingerprint density at radius 2 is 2.29 bits per heavy atom. The number of rotatable bonds is 4. The molecule has 94 valence electrons. The predicted octanol–water partition coefficient (Wildman–Crippen LogP) is 2.59. The van der Waals surface area contributed by atoms with Crippen LogP contribution >= 0.6 is 0 Å². The highest BCUT2D eigenvalue weighted by molar-refractivity contribution is 5.22. The molecule has 1 aliphatic rings. The van der Waals surface area contributed by atoms with Crippen LogP contribution in [0.2, 0.25) is 0 Å². The Kier molecular flexibility index (Phi) is 4.13. The van der Waals surface area contributed by atoms with Crippen LogP contribution in [0.4, 0.5) is 4.39 Å². The Labute approximate surface area is 102 Å². The largest absolute Gasteiger partial charge is 0.396 e. The van der Waals surface area contributed by atoms with Gasteiger partial charge in [0.15, 0.2) is 0 Å². The molecule has 0 saturated carbocycles. The Morgan fingerprint density at radius 1 is 1.47 bits per heavy atom. The molecule has 1 heterocycles. The molecule has 1 saturated heterocycles. The smallest absolute Gasteiger partial charge is 0.123 e. The van der Waals surface area contributed by atoms with E-state index in [-0.39, 0.29) is 12.4 Å². The van der Waals surface area contributed by atoms with Crippen molar-refractivity contribution in [3.8, 4) is 0 Å². The maximum Gasteiger partial charge on any atom is 0.123 e. The molecule has 0 radical (unpaired) electrons. The molecule has 0 amide bonds. The van der Waals surface area contributed by atoms with Gasteiger partial charge in [-0.15, -0.1) is 0 Å². The van der Waals surface area contributed by atoms with Crippen molar-refractivity contribution in [1.82, 2.24) is 4.90 Å². The minimum absolute atomic E-state index is 0.163. The summed E-state index contributed by atoms with van der Waals surface area (Å²) in [5.41, 5.74) is 1.06. The van der Waals surface area contributed by atoms with E-state index in [1.54, 1.807) is 12.1 Å². The van der Waals surface area contributed by atoms with Gasteiger partial charge in [0.25, 0.3) is 0 Å². The summed E-state index contributed by atoms with van der Waals surface area (Å²) >= 11 is 0. The van der Waals surface area contributed by atoms with Gasteiger partial charge in [0.2, 0.25) is 0 Å². The molecule has 3 heteroatoms. The van der Waals surface area contributed by atoms with Crippen LogP contribution in [-0.2, 0) is 0 Å². The average Bonchev–Trinajstić information content (AvgIpc) is 2.68. The van der Waals surface area contributed by atoms with Crippen LogP contribution in [-0.4, -0.2) is 29.7 Å². The van der Waals surface area contributed by atoms with Gasteiger partial charge in [0.05, 0.1) is 0 Å². The zero-order valence-corrected chi connectivity index (χ0v) is 10.3. The fourth-order valence-corrected chi connectivity index (χ4v) is 2.78. The van der Waals surface area contributed by atoms with Gasteiger partial charge in [-0.2, -0.15) is 0 Å². The molecular formula is C14H20FNO. The summed E-state index contributed by atoms with van der Waals surface area (Å²) in [6, 6.07) is 7.21. The Bertz CT molecular complexity index is 369. The van der Waals surface area contributed by atoms with Crippen molar-refractivity contribution in [2.24, 2.45) is 5.92 Å². The first-order valence-corrected chi connectivity index (χ1v) is 6.32. The zero-order chi connectivity index (χ0) is 12.3. The standard InChI is InChI=1S/C14H20FNO/c1-11-6-8-16(7-3-9-17)14(11)12-4-2-5-13(15)10-12/h2,4-5,10-11,14,17H,3,6-9H2,1H3. The van der Waals surface area contributed by atoms with E-state index >= 15 is 0 Å². The van der Waals surface area contributed by atoms with Crippen LogP contribution in [0.1, 0.15) is 31.4 Å². The minimum atomic E-state index is -0.163. The maximum atomic E-state index is 13.3. The lowest BCUT2D eigenvalue weighted by Crippen LogP contribution is -2.26. The van der Waals surface area contributed by atoms with Crippen molar-refractivity contribution in [3.05, 3.63) is 35.6 Å². The lowest BCUT2D eigenvalue weighted by molar-refractivity contribution is 0.200. The summed E-state index contributed by atoms with van der Waals surface area (Å²) < 4.78 is 13.3. The lowest BCUT2D eigenvalue weighted by Gasteiger charge is -2.27. The second-order valence-corrected chi connectivity index (χ2v) is 4.88. The normalized spacial score (nSPS) is 25.4. The second kappa shape index (κ2) is 5.61. The van der Waals surface area contributed by atoms with Gasteiger partial charge in [-0.05, 0) is 43.0 Å². The monoisotopic (exact) mass is 237 g/mol. The average molecular weight is 237 g/mol. The van der Waals surface area contributed by atoms with E-state index in [0.29, 0.717) is 12.0 Å². The Morgan fingerprint density at radius 3 is 3.00 bits per heavy atom. The molecule has 2 atom stereocenters. The molecule has 1 N–H and O–H groups in total. The lowest BCUT2D eigenvalue weighted by atomic mass is 9.95. The van der Waals surface area contributed by atoms with Crippen LogP contribution in [0.5, 0.6) is 0 Å². The highest BCUT2D eigenvalue weighted by atomic mass is 19.1. The van der Waals surface area contributed by atoms with E-state index in [1.165, 1.54) is 6.07 Å². The number of nitrogens with zero attached hydrogens (tertiary/aromatic N) is 1. The van der Waals surface area contributed by atoms with Gasteiger partial charge in [-0.3, -0.25) is 4.90 Å². The third-order valence-electron chi connectivity index (χ3n) is 3.60. The third-order valence-corrected chi connectivity index (χ3v) is 3.60. The fraction of sp³-hybridized carbons (Fsp3) is 0.571. The molecule has 2 unspecified atom stereocenters. The number of benzene rings is 1. The van der Waals surface area contributed by atoms with E-state index in [2.05, 4.69) is 11.8 Å². The summed E-state index contributed by atoms with van der Waals surface area (Å²) in [5.74, 6) is 0.388. The van der Waals surface area contributed by atoms with Gasteiger partial charge in [0.1, 0.15) is 5.82 Å². The first-order valence-electron chi connectivity index (χ1n) is 6.32. The van der Waals surface area contributed by atoms with Gasteiger partial charge < -0.3 is 5.11 Å². The summed E-state index contributed by atoms with van der Waals surface area (Å²) in [7, 11) is 0. The van der Waals surface area contributed by atoms with Gasteiger partial charge >= 0.3 is 0 Å². The SMILES string of the molecule is CC1CCN(CCCO)C1c1cccc(F)c1. The van der Waals surface area contributed by atoms with E-state index in [0.717, 1.165) is 31.5 Å². The number of halogens is 1. The molecule has 1 fully saturated rings. The fourth-order valence-electron chi connectivity index (χ4n) is 2.78. The number of hydrogen-bond donors (Lipinski definition) is 1. The van der Waals surface area contributed by atoms with Gasteiger partial charge in [0, 0.05) is 19.2 Å². The third kappa shape index (κ3) is 2.85. The highest BCUT2D eigenvalue weighted by Crippen LogP contribution is 2.36. The molecule has 0 aromatic heterocycles. The molecule has 1 aliphatic heterocycles. The summed E-state index contributed by atoms with van der Waals surface area (Å²) in [5, 5.41) is 8.91. The number of likely N-dealkylation sites (tertiary alicyclic amines) is 1. The van der Waals surface area contributed by atoms with E-state index in [9.17, 15) is 4.39 Å². The van der Waals surface area contributed by atoms with Crippen LogP contribution in [0.25, 0.3) is 0 Å². The van der Waals surface area contributed by atoms with Crippen LogP contribution in [0.3, 0.4) is 0 Å². The van der Waals surface area contributed by atoms with Crippen molar-refractivity contribution in [2.45, 2.75) is 25.8 Å². The van der Waals surface area contributed by atoms with Crippen molar-refractivity contribution >= 4 is 0 Å². The molecule has 0 aliphatic carbocycles. The number of aliphatic hydroxyl groups is 1. The minimum Gasteiger partial charge on any atom is -0.396 e. The van der Waals surface area contributed by atoms with Crippen LogP contribution in [0.15, 0.2) is 24.3 Å². The molecule has 2 nitrogen and oxygen atoms in total. The van der Waals surface area contributed by atoms with Crippen molar-refractivity contribution in [3.63, 3.8) is 0 Å². The highest BCUT2D eigenvalue weighted by Gasteiger charge is 2.31.